The minimum Gasteiger partial charge on any atom is -0.493 e. The summed E-state index contributed by atoms with van der Waals surface area (Å²) in [4.78, 5) is 25.9. The molecule has 0 aromatic heterocycles. The molecule has 2 unspecified atom stereocenters. The van der Waals surface area contributed by atoms with Gasteiger partial charge in [0.15, 0.2) is 0 Å². The summed E-state index contributed by atoms with van der Waals surface area (Å²) in [6, 6.07) is 5.00. The number of fused-ring (bicyclic) bond motifs is 1. The average Bonchev–Trinajstić information content (AvgIpc) is 3.18. The SMILES string of the molecule is COC(=O)C1CC(Oc2ccc3c(c2)OCC3)CN1C(=O)OC(C)(C)C. The smallest absolute Gasteiger partial charge is 0.411 e. The Labute approximate surface area is 153 Å². The van der Waals surface area contributed by atoms with E-state index in [9.17, 15) is 9.59 Å². The lowest BCUT2D eigenvalue weighted by molar-refractivity contribution is -0.145. The summed E-state index contributed by atoms with van der Waals surface area (Å²) in [5.41, 5.74) is 0.514. The number of hydrogen-bond donors (Lipinski definition) is 0. The summed E-state index contributed by atoms with van der Waals surface area (Å²) in [6.07, 6.45) is 0.377. The molecule has 0 bridgehead atoms. The molecule has 1 amide bonds. The maximum absolute atomic E-state index is 12.5. The summed E-state index contributed by atoms with van der Waals surface area (Å²) in [5, 5.41) is 0. The van der Waals surface area contributed by atoms with Gasteiger partial charge in [0.25, 0.3) is 0 Å². The van der Waals surface area contributed by atoms with E-state index in [2.05, 4.69) is 0 Å². The molecule has 26 heavy (non-hydrogen) atoms. The number of amides is 1. The quantitative estimate of drug-likeness (QED) is 0.769. The van der Waals surface area contributed by atoms with Crippen LogP contribution >= 0.6 is 0 Å². The molecule has 0 aliphatic carbocycles. The number of benzene rings is 1. The van der Waals surface area contributed by atoms with E-state index in [4.69, 9.17) is 18.9 Å². The van der Waals surface area contributed by atoms with Gasteiger partial charge < -0.3 is 18.9 Å². The van der Waals surface area contributed by atoms with Gasteiger partial charge in [0.1, 0.15) is 29.2 Å². The molecule has 0 N–H and O–H groups in total. The van der Waals surface area contributed by atoms with Crippen LogP contribution in [0.4, 0.5) is 4.79 Å². The van der Waals surface area contributed by atoms with Crippen LogP contribution in [0.1, 0.15) is 32.8 Å². The van der Waals surface area contributed by atoms with Crippen LogP contribution in [0.3, 0.4) is 0 Å². The maximum Gasteiger partial charge on any atom is 0.411 e. The second-order valence-corrected chi connectivity index (χ2v) is 7.52. The highest BCUT2D eigenvalue weighted by Crippen LogP contribution is 2.32. The molecule has 1 saturated heterocycles. The number of methoxy groups -OCH3 is 1. The third-order valence-electron chi connectivity index (χ3n) is 4.33. The van der Waals surface area contributed by atoms with Crippen molar-refractivity contribution in [2.45, 2.75) is 51.4 Å². The lowest BCUT2D eigenvalue weighted by atomic mass is 10.1. The molecule has 2 atom stereocenters. The van der Waals surface area contributed by atoms with E-state index in [0.717, 1.165) is 17.7 Å². The topological polar surface area (TPSA) is 74.3 Å². The first-order valence-corrected chi connectivity index (χ1v) is 8.76. The molecule has 2 aliphatic rings. The van der Waals surface area contributed by atoms with Crippen LogP contribution in [0.5, 0.6) is 11.5 Å². The number of carbonyl (C=O) groups is 2. The van der Waals surface area contributed by atoms with Gasteiger partial charge in [-0.1, -0.05) is 6.07 Å². The zero-order chi connectivity index (χ0) is 18.9. The van der Waals surface area contributed by atoms with Crippen molar-refractivity contribution in [3.8, 4) is 11.5 Å². The van der Waals surface area contributed by atoms with E-state index >= 15 is 0 Å². The van der Waals surface area contributed by atoms with E-state index in [-0.39, 0.29) is 12.6 Å². The van der Waals surface area contributed by atoms with Crippen LogP contribution in [-0.2, 0) is 20.7 Å². The fourth-order valence-electron chi connectivity index (χ4n) is 3.18. The van der Waals surface area contributed by atoms with Gasteiger partial charge in [0.05, 0.1) is 20.3 Å². The normalized spacial score (nSPS) is 21.8. The zero-order valence-corrected chi connectivity index (χ0v) is 15.6. The number of ether oxygens (including phenoxy) is 4. The molecule has 3 rings (SSSR count). The van der Waals surface area contributed by atoms with E-state index in [1.165, 1.54) is 12.0 Å². The molecule has 1 fully saturated rings. The molecule has 0 radical (unpaired) electrons. The predicted molar refractivity (Wildman–Crippen MR) is 93.4 cm³/mol. The number of hydrogen-bond acceptors (Lipinski definition) is 6. The molecule has 2 aliphatic heterocycles. The molecule has 1 aromatic carbocycles. The minimum atomic E-state index is -0.717. The van der Waals surface area contributed by atoms with Crippen LogP contribution in [-0.4, -0.2) is 55.0 Å². The fourth-order valence-corrected chi connectivity index (χ4v) is 3.18. The van der Waals surface area contributed by atoms with Crippen molar-refractivity contribution in [3.05, 3.63) is 23.8 Å². The van der Waals surface area contributed by atoms with Crippen molar-refractivity contribution in [3.63, 3.8) is 0 Å². The van der Waals surface area contributed by atoms with Crippen LogP contribution in [0.2, 0.25) is 0 Å². The second kappa shape index (κ2) is 7.05. The summed E-state index contributed by atoms with van der Waals surface area (Å²) in [6.45, 7) is 6.29. The van der Waals surface area contributed by atoms with Gasteiger partial charge in [0.2, 0.25) is 0 Å². The molecule has 7 heteroatoms. The Kier molecular flexibility index (Phi) is 4.98. The molecule has 2 heterocycles. The van der Waals surface area contributed by atoms with Crippen LogP contribution < -0.4 is 9.47 Å². The highest BCUT2D eigenvalue weighted by Gasteiger charge is 2.43. The lowest BCUT2D eigenvalue weighted by Crippen LogP contribution is -2.44. The number of rotatable bonds is 3. The Morgan fingerprint density at radius 1 is 1.27 bits per heavy atom. The van der Waals surface area contributed by atoms with Crippen molar-refractivity contribution in [2.24, 2.45) is 0 Å². The Balaban J connectivity index is 1.71. The van der Waals surface area contributed by atoms with Gasteiger partial charge >= 0.3 is 12.1 Å². The summed E-state index contributed by atoms with van der Waals surface area (Å²) < 4.78 is 21.8. The van der Waals surface area contributed by atoms with Gasteiger partial charge in [-0.05, 0) is 32.4 Å². The van der Waals surface area contributed by atoms with Gasteiger partial charge in [-0.25, -0.2) is 9.59 Å². The van der Waals surface area contributed by atoms with E-state index < -0.39 is 23.7 Å². The van der Waals surface area contributed by atoms with Crippen LogP contribution in [0.25, 0.3) is 0 Å². The molecule has 1 aromatic rings. The molecule has 142 valence electrons. The third kappa shape index (κ3) is 4.03. The van der Waals surface area contributed by atoms with E-state index in [1.807, 2.05) is 18.2 Å². The van der Waals surface area contributed by atoms with Gasteiger partial charge in [0, 0.05) is 18.9 Å². The standard InChI is InChI=1S/C19H25NO6/c1-19(2,3)26-18(22)20-11-14(9-15(20)17(21)23-4)25-13-6-5-12-7-8-24-16(12)10-13/h5-6,10,14-15H,7-9,11H2,1-4H3. The molecular weight excluding hydrogens is 338 g/mol. The number of likely N-dealkylation sites (tertiary alicyclic amines) is 1. The Bertz CT molecular complexity index is 696. The van der Waals surface area contributed by atoms with Gasteiger partial charge in [-0.15, -0.1) is 0 Å². The average molecular weight is 363 g/mol. The number of nitrogens with zero attached hydrogens (tertiary/aromatic N) is 1. The maximum atomic E-state index is 12.5. The first-order valence-electron chi connectivity index (χ1n) is 8.76. The van der Waals surface area contributed by atoms with Crippen molar-refractivity contribution < 1.29 is 28.5 Å². The van der Waals surface area contributed by atoms with Crippen LogP contribution in [0.15, 0.2) is 18.2 Å². The van der Waals surface area contributed by atoms with Gasteiger partial charge in [-0.2, -0.15) is 0 Å². The number of carbonyl (C=O) groups excluding carboxylic acids is 2. The largest absolute Gasteiger partial charge is 0.493 e. The molecule has 7 nitrogen and oxygen atoms in total. The second-order valence-electron chi connectivity index (χ2n) is 7.52. The lowest BCUT2D eigenvalue weighted by Gasteiger charge is -2.27. The highest BCUT2D eigenvalue weighted by molar-refractivity contribution is 5.82. The molecule has 0 spiro atoms. The van der Waals surface area contributed by atoms with E-state index in [0.29, 0.717) is 18.8 Å². The summed E-state index contributed by atoms with van der Waals surface area (Å²) in [5.74, 6) is 1.01. The van der Waals surface area contributed by atoms with Crippen molar-refractivity contribution in [1.82, 2.24) is 4.90 Å². The van der Waals surface area contributed by atoms with Crippen LogP contribution in [0, 0.1) is 0 Å². The third-order valence-corrected chi connectivity index (χ3v) is 4.33. The first kappa shape index (κ1) is 18.4. The first-order chi connectivity index (χ1) is 12.3. The van der Waals surface area contributed by atoms with Crippen molar-refractivity contribution in [1.29, 1.82) is 0 Å². The molecular formula is C19H25NO6. The predicted octanol–water partition coefficient (Wildman–Crippen LogP) is 2.55. The zero-order valence-electron chi connectivity index (χ0n) is 15.6. The van der Waals surface area contributed by atoms with Gasteiger partial charge in [-0.3, -0.25) is 4.90 Å². The Hall–Kier alpha value is -2.44. The van der Waals surface area contributed by atoms with Crippen molar-refractivity contribution >= 4 is 12.1 Å². The monoisotopic (exact) mass is 363 g/mol. The fraction of sp³-hybridized carbons (Fsp3) is 0.579. The minimum absolute atomic E-state index is 0.257. The van der Waals surface area contributed by atoms with E-state index in [1.54, 1.807) is 20.8 Å². The molecule has 0 saturated carbocycles. The van der Waals surface area contributed by atoms with Crippen molar-refractivity contribution in [2.75, 3.05) is 20.3 Å². The summed E-state index contributed by atoms with van der Waals surface area (Å²) >= 11 is 0. The Morgan fingerprint density at radius 3 is 2.73 bits per heavy atom. The Morgan fingerprint density at radius 2 is 2.04 bits per heavy atom. The summed E-state index contributed by atoms with van der Waals surface area (Å²) in [7, 11) is 1.31. The highest BCUT2D eigenvalue weighted by atomic mass is 16.6. The number of esters is 1.